The van der Waals surface area contributed by atoms with E-state index in [9.17, 15) is 0 Å². The van der Waals surface area contributed by atoms with Gasteiger partial charge in [0.15, 0.2) is 0 Å². The van der Waals surface area contributed by atoms with Gasteiger partial charge in [0.1, 0.15) is 5.82 Å². The van der Waals surface area contributed by atoms with Crippen LogP contribution in [0.2, 0.25) is 0 Å². The van der Waals surface area contributed by atoms with Crippen molar-refractivity contribution in [1.82, 2.24) is 9.55 Å². The Hall–Kier alpha value is -4.34. The molecule has 3 heterocycles. The number of hydrogen-bond donors (Lipinski definition) is 0. The van der Waals surface area contributed by atoms with Crippen molar-refractivity contribution >= 4 is 33.2 Å². The Bertz CT molecular complexity index is 2360. The van der Waals surface area contributed by atoms with Crippen LogP contribution in [0.25, 0.3) is 27.6 Å². The van der Waals surface area contributed by atoms with Crippen LogP contribution < -0.4 is 14.5 Å². The molecule has 2 aromatic heterocycles. The maximum atomic E-state index is 6.73. The standard InChI is InChI=1S/C48H53N4O.Pt/c1-45(2,3)32-16-15-17-35(24-32)51-31-50(30-43(51)48(10,11)12)36-25-34(47(7,8)9)26-38(28-36)53-37-20-21-40-39-18-13-14-19-41(39)52(42(40)29-37)44-27-33(22-23-49-44)46(4,5)6;/h13-27,30-31H,1-12H3;/q-3;. The number of allylic oxidation sites excluding steroid dienone is 1. The smallest absolute Gasteiger partial charge is 0.135 e. The normalized spacial score (nSPS) is 14.1. The first-order valence-electron chi connectivity index (χ1n) is 18.7. The predicted octanol–water partition coefficient (Wildman–Crippen LogP) is 12.8. The van der Waals surface area contributed by atoms with Gasteiger partial charge in [-0.25, -0.2) is 4.98 Å². The molecule has 6 aromatic rings. The quantitative estimate of drug-likeness (QED) is 0.161. The van der Waals surface area contributed by atoms with Crippen LogP contribution in [-0.4, -0.2) is 9.55 Å². The molecule has 0 unspecified atom stereocenters. The summed E-state index contributed by atoms with van der Waals surface area (Å²) in [5, 5.41) is 2.26. The van der Waals surface area contributed by atoms with Gasteiger partial charge in [0.2, 0.25) is 0 Å². The Morgan fingerprint density at radius 2 is 1.30 bits per heavy atom. The fourth-order valence-electron chi connectivity index (χ4n) is 6.88. The molecule has 0 aliphatic carbocycles. The second-order valence-electron chi connectivity index (χ2n) is 18.5. The van der Waals surface area contributed by atoms with Crippen LogP contribution in [0, 0.1) is 24.2 Å². The van der Waals surface area contributed by atoms with Crippen LogP contribution in [-0.2, 0) is 37.3 Å². The van der Waals surface area contributed by atoms with Crippen molar-refractivity contribution in [2.75, 3.05) is 9.80 Å². The van der Waals surface area contributed by atoms with Gasteiger partial charge in [0.05, 0.1) is 0 Å². The zero-order valence-corrected chi connectivity index (χ0v) is 36.1. The molecular formula is C48H53N4OPt-3. The number of para-hydroxylation sites is 1. The predicted molar refractivity (Wildman–Crippen MR) is 222 cm³/mol. The van der Waals surface area contributed by atoms with Crippen LogP contribution in [0.15, 0.2) is 103 Å². The molecule has 0 spiro atoms. The molecule has 1 aliphatic heterocycles. The van der Waals surface area contributed by atoms with Gasteiger partial charge in [-0.3, -0.25) is 0 Å². The molecule has 0 radical (unpaired) electrons. The second kappa shape index (κ2) is 14.1. The van der Waals surface area contributed by atoms with Gasteiger partial charge in [-0.05, 0) is 69.3 Å². The van der Waals surface area contributed by atoms with E-state index in [1.165, 1.54) is 16.8 Å². The molecular weight excluding hydrogens is 844 g/mol. The summed E-state index contributed by atoms with van der Waals surface area (Å²) < 4.78 is 8.93. The molecule has 0 atom stereocenters. The summed E-state index contributed by atoms with van der Waals surface area (Å²) in [6.45, 7) is 29.2. The van der Waals surface area contributed by atoms with E-state index < -0.39 is 0 Å². The van der Waals surface area contributed by atoms with Crippen molar-refractivity contribution in [1.29, 1.82) is 0 Å². The third-order valence-corrected chi connectivity index (χ3v) is 10.1. The molecule has 7 rings (SSSR count). The summed E-state index contributed by atoms with van der Waals surface area (Å²) in [6.07, 6.45) is 4.14. The van der Waals surface area contributed by atoms with Crippen LogP contribution in [0.1, 0.15) is 99.8 Å². The Balaban J connectivity index is 0.00000497. The summed E-state index contributed by atoms with van der Waals surface area (Å²) in [5.41, 5.74) is 8.77. The zero-order valence-electron chi connectivity index (χ0n) is 33.8. The molecule has 1 aliphatic rings. The molecule has 0 saturated heterocycles. The Morgan fingerprint density at radius 1 is 0.611 bits per heavy atom. The van der Waals surface area contributed by atoms with Crippen LogP contribution in [0.5, 0.6) is 11.5 Å². The summed E-state index contributed by atoms with van der Waals surface area (Å²) >= 11 is 0. The molecule has 6 heteroatoms. The minimum atomic E-state index is -0.122. The second-order valence-corrected chi connectivity index (χ2v) is 18.5. The minimum Gasteiger partial charge on any atom is -0.509 e. The van der Waals surface area contributed by atoms with Crippen LogP contribution >= 0.6 is 0 Å². The molecule has 0 saturated carbocycles. The van der Waals surface area contributed by atoms with Crippen LogP contribution in [0.3, 0.4) is 0 Å². The Kier molecular flexibility index (Phi) is 10.2. The zero-order chi connectivity index (χ0) is 38.1. The van der Waals surface area contributed by atoms with Crippen LogP contribution in [0.4, 0.5) is 11.4 Å². The average Bonchev–Trinajstić information content (AvgIpc) is 3.68. The molecule has 0 amide bonds. The van der Waals surface area contributed by atoms with Gasteiger partial charge < -0.3 is 19.1 Å². The maximum absolute atomic E-state index is 6.73. The number of fused-ring (bicyclic) bond motifs is 3. The molecule has 5 nitrogen and oxygen atoms in total. The molecule has 0 bridgehead atoms. The maximum Gasteiger partial charge on any atom is 0.135 e. The molecule has 284 valence electrons. The average molecular weight is 897 g/mol. The summed E-state index contributed by atoms with van der Waals surface area (Å²) in [4.78, 5) is 9.35. The minimum absolute atomic E-state index is 0. The SMILES string of the molecule is CC(C)(C)C1=CN(c2[c-]c(Oc3[c-]c4c(cc3)c3ccccc3n4-c3cc(C(C)(C)C)ccn3)cc(C(C)(C)C)c2)[CH-]N1c1cccc(C(C)(C)C)c1.[Pt]. The van der Waals surface area contributed by atoms with Crippen molar-refractivity contribution < 1.29 is 25.8 Å². The van der Waals surface area contributed by atoms with Gasteiger partial charge in [0.25, 0.3) is 0 Å². The van der Waals surface area contributed by atoms with Crippen molar-refractivity contribution in [2.45, 2.75) is 99.3 Å². The van der Waals surface area contributed by atoms with E-state index in [4.69, 9.17) is 9.72 Å². The number of benzene rings is 4. The molecule has 0 N–H and O–H groups in total. The van der Waals surface area contributed by atoms with Crippen molar-refractivity contribution in [2.24, 2.45) is 5.41 Å². The van der Waals surface area contributed by atoms with Gasteiger partial charge in [-0.15, -0.1) is 53.6 Å². The number of pyridine rings is 1. The number of hydrogen-bond acceptors (Lipinski definition) is 4. The molecule has 4 aromatic carbocycles. The third kappa shape index (κ3) is 7.76. The van der Waals surface area contributed by atoms with E-state index >= 15 is 0 Å². The van der Waals surface area contributed by atoms with Crippen molar-refractivity contribution in [3.8, 4) is 17.3 Å². The van der Waals surface area contributed by atoms with Gasteiger partial charge in [0, 0.05) is 61.1 Å². The van der Waals surface area contributed by atoms with E-state index in [-0.39, 0.29) is 42.7 Å². The van der Waals surface area contributed by atoms with E-state index in [0.29, 0.717) is 11.5 Å². The fourth-order valence-corrected chi connectivity index (χ4v) is 6.88. The van der Waals surface area contributed by atoms with Crippen molar-refractivity contribution in [3.05, 3.63) is 139 Å². The largest absolute Gasteiger partial charge is 0.509 e. The number of anilines is 2. The monoisotopic (exact) mass is 896 g/mol. The van der Waals surface area contributed by atoms with E-state index in [1.54, 1.807) is 0 Å². The number of aromatic nitrogens is 2. The third-order valence-electron chi connectivity index (χ3n) is 10.1. The number of nitrogens with zero attached hydrogens (tertiary/aromatic N) is 4. The first kappa shape index (κ1) is 39.4. The topological polar surface area (TPSA) is 33.5 Å². The summed E-state index contributed by atoms with van der Waals surface area (Å²) in [7, 11) is 0. The first-order chi connectivity index (χ1) is 24.8. The first-order valence-corrected chi connectivity index (χ1v) is 18.7. The fraction of sp³-hybridized carbons (Fsp3) is 0.333. The van der Waals surface area contributed by atoms with Crippen molar-refractivity contribution in [3.63, 3.8) is 0 Å². The van der Waals surface area contributed by atoms with Gasteiger partial charge >= 0.3 is 0 Å². The number of ether oxygens (including phenoxy) is 1. The van der Waals surface area contributed by atoms with Gasteiger partial charge in [-0.2, -0.15) is 6.07 Å². The van der Waals surface area contributed by atoms with E-state index in [1.807, 2.05) is 12.3 Å². The summed E-state index contributed by atoms with van der Waals surface area (Å²) in [6, 6.07) is 37.4. The van der Waals surface area contributed by atoms with E-state index in [0.717, 1.165) is 44.6 Å². The number of rotatable bonds is 5. The Labute approximate surface area is 337 Å². The summed E-state index contributed by atoms with van der Waals surface area (Å²) in [5.74, 6) is 2.13. The Morgan fingerprint density at radius 3 is 1.98 bits per heavy atom. The molecule has 0 fully saturated rings. The molecule has 54 heavy (non-hydrogen) atoms. The van der Waals surface area contributed by atoms with E-state index in [2.05, 4.69) is 201 Å². The van der Waals surface area contributed by atoms with Gasteiger partial charge in [-0.1, -0.05) is 119 Å².